The third-order valence-corrected chi connectivity index (χ3v) is 7.50. The molecule has 3 amide bonds. The molecule has 0 aromatic heterocycles. The van der Waals surface area contributed by atoms with Gasteiger partial charge >= 0.3 is 0 Å². The van der Waals surface area contributed by atoms with Crippen LogP contribution in [0.4, 0.5) is 10.5 Å². The summed E-state index contributed by atoms with van der Waals surface area (Å²) in [6.45, 7) is -0.161. The number of methoxy groups -OCH3 is 2. The van der Waals surface area contributed by atoms with Crippen LogP contribution in [0, 0.1) is 0 Å². The molecule has 1 N–H and O–H groups in total. The van der Waals surface area contributed by atoms with Gasteiger partial charge in [0.25, 0.3) is 11.1 Å². The molecule has 0 atom stereocenters. The summed E-state index contributed by atoms with van der Waals surface area (Å²) in [5, 5.41) is 3.02. The van der Waals surface area contributed by atoms with Crippen LogP contribution in [0.2, 0.25) is 10.0 Å². The van der Waals surface area contributed by atoms with Gasteiger partial charge < -0.3 is 19.5 Å². The summed E-state index contributed by atoms with van der Waals surface area (Å²) in [7, 11) is 2.98. The molecule has 4 rings (SSSR count). The third kappa shape index (κ3) is 7.07. The number of hydrogen-bond donors (Lipinski definition) is 1. The summed E-state index contributed by atoms with van der Waals surface area (Å²) in [5.41, 5.74) is 1.93. The van der Waals surface area contributed by atoms with Crippen LogP contribution >= 0.6 is 50.9 Å². The molecule has 0 spiro atoms. The zero-order chi connectivity index (χ0) is 28.1. The van der Waals surface area contributed by atoms with Crippen LogP contribution in [0.1, 0.15) is 11.1 Å². The van der Waals surface area contributed by atoms with E-state index in [2.05, 4.69) is 21.2 Å². The molecule has 0 unspecified atom stereocenters. The van der Waals surface area contributed by atoms with Crippen LogP contribution in [0.25, 0.3) is 6.08 Å². The van der Waals surface area contributed by atoms with Gasteiger partial charge in [-0.15, -0.1) is 0 Å². The number of nitrogens with one attached hydrogen (secondary N) is 1. The minimum atomic E-state index is -0.578. The maximum Gasteiger partial charge on any atom is 0.294 e. The van der Waals surface area contributed by atoms with Crippen molar-refractivity contribution >= 4 is 79.7 Å². The van der Waals surface area contributed by atoms with E-state index in [4.69, 9.17) is 37.4 Å². The summed E-state index contributed by atoms with van der Waals surface area (Å²) in [4.78, 5) is 39.1. The highest BCUT2D eigenvalue weighted by Gasteiger charge is 2.36. The van der Waals surface area contributed by atoms with E-state index >= 15 is 0 Å². The fourth-order valence-corrected chi connectivity index (χ4v) is 5.37. The van der Waals surface area contributed by atoms with Gasteiger partial charge in [-0.2, -0.15) is 0 Å². The maximum absolute atomic E-state index is 13.0. The first-order valence-corrected chi connectivity index (χ1v) is 13.7. The topological polar surface area (TPSA) is 94.2 Å². The Morgan fingerprint density at radius 2 is 1.74 bits per heavy atom. The Hall–Kier alpha value is -3.18. The van der Waals surface area contributed by atoms with E-state index in [-0.39, 0.29) is 11.5 Å². The molecule has 202 valence electrons. The van der Waals surface area contributed by atoms with Crippen molar-refractivity contribution in [2.24, 2.45) is 0 Å². The molecule has 0 radical (unpaired) electrons. The van der Waals surface area contributed by atoms with E-state index < -0.39 is 23.6 Å². The van der Waals surface area contributed by atoms with Crippen LogP contribution in [-0.2, 0) is 16.2 Å². The van der Waals surface area contributed by atoms with Gasteiger partial charge in [0.05, 0.1) is 28.6 Å². The standard InChI is InChI=1S/C27H21BrCl2N2O6S/c1-36-21-8-7-18(12-20(21)30)31-24(33)13-32-26(34)23(39-27(32)35)11-16-9-19(28)25(22(10-16)37-2)38-14-15-3-5-17(29)6-4-15/h3-12H,13-14H2,1-2H3,(H,31,33)/b23-11+. The molecule has 12 heteroatoms. The number of ether oxygens (including phenoxy) is 3. The Kier molecular flexibility index (Phi) is 9.45. The van der Waals surface area contributed by atoms with Gasteiger partial charge in [0, 0.05) is 10.7 Å². The van der Waals surface area contributed by atoms with E-state index in [1.165, 1.54) is 20.3 Å². The fourth-order valence-electron chi connectivity index (χ4n) is 3.58. The predicted octanol–water partition coefficient (Wildman–Crippen LogP) is 7.03. The summed E-state index contributed by atoms with van der Waals surface area (Å²) < 4.78 is 17.1. The van der Waals surface area contributed by atoms with Gasteiger partial charge in [-0.1, -0.05) is 35.3 Å². The van der Waals surface area contributed by atoms with Crippen LogP contribution in [-0.4, -0.2) is 42.7 Å². The zero-order valence-electron chi connectivity index (χ0n) is 20.6. The average molecular weight is 652 g/mol. The van der Waals surface area contributed by atoms with Crippen molar-refractivity contribution in [1.82, 2.24) is 4.90 Å². The fraction of sp³-hybridized carbons (Fsp3) is 0.148. The number of hydrogen-bond acceptors (Lipinski definition) is 7. The molecule has 39 heavy (non-hydrogen) atoms. The lowest BCUT2D eigenvalue weighted by Gasteiger charge is -2.14. The molecule has 1 heterocycles. The van der Waals surface area contributed by atoms with Crippen LogP contribution in [0.3, 0.4) is 0 Å². The summed E-state index contributed by atoms with van der Waals surface area (Å²) in [6.07, 6.45) is 1.56. The quantitative estimate of drug-likeness (QED) is 0.248. The molecular formula is C27H21BrCl2N2O6S. The summed E-state index contributed by atoms with van der Waals surface area (Å²) >= 11 is 16.3. The van der Waals surface area contributed by atoms with Crippen molar-refractivity contribution in [3.63, 3.8) is 0 Å². The number of thioether (sulfide) groups is 1. The van der Waals surface area contributed by atoms with Gasteiger partial charge in [-0.3, -0.25) is 19.3 Å². The Labute approximate surface area is 247 Å². The van der Waals surface area contributed by atoms with Crippen molar-refractivity contribution < 1.29 is 28.6 Å². The smallest absolute Gasteiger partial charge is 0.294 e. The number of halogens is 3. The van der Waals surface area contributed by atoms with E-state index in [1.54, 1.807) is 42.5 Å². The van der Waals surface area contributed by atoms with Crippen molar-refractivity contribution in [1.29, 1.82) is 0 Å². The van der Waals surface area contributed by atoms with Crippen molar-refractivity contribution in [3.05, 3.63) is 85.1 Å². The second-order valence-corrected chi connectivity index (χ2v) is 10.8. The molecule has 1 fully saturated rings. The summed E-state index contributed by atoms with van der Waals surface area (Å²) in [5.74, 6) is 0.238. The largest absolute Gasteiger partial charge is 0.495 e. The molecule has 1 aliphatic heterocycles. The molecule has 3 aromatic carbocycles. The zero-order valence-corrected chi connectivity index (χ0v) is 24.5. The minimum absolute atomic E-state index is 0.170. The maximum atomic E-state index is 13.0. The lowest BCUT2D eigenvalue weighted by molar-refractivity contribution is -0.127. The first-order chi connectivity index (χ1) is 18.7. The number of benzene rings is 3. The number of nitrogens with zero attached hydrogens (tertiary/aromatic N) is 1. The molecular weight excluding hydrogens is 631 g/mol. The van der Waals surface area contributed by atoms with Gasteiger partial charge in [0.2, 0.25) is 5.91 Å². The number of anilines is 1. The number of carbonyl (C=O) groups excluding carboxylic acids is 3. The van der Waals surface area contributed by atoms with E-state index in [9.17, 15) is 14.4 Å². The number of imide groups is 1. The van der Waals surface area contributed by atoms with Crippen LogP contribution < -0.4 is 19.5 Å². The van der Waals surface area contributed by atoms with Crippen molar-refractivity contribution in [2.75, 3.05) is 26.1 Å². The van der Waals surface area contributed by atoms with Gasteiger partial charge in [-0.25, -0.2) is 0 Å². The Bertz CT molecular complexity index is 1470. The Balaban J connectivity index is 1.45. The Morgan fingerprint density at radius 3 is 2.41 bits per heavy atom. The third-order valence-electron chi connectivity index (χ3n) is 5.46. The number of amides is 3. The number of rotatable bonds is 9. The number of carbonyl (C=O) groups is 3. The molecule has 8 nitrogen and oxygen atoms in total. The first kappa shape index (κ1) is 28.8. The lowest BCUT2D eigenvalue weighted by Crippen LogP contribution is -2.36. The lowest BCUT2D eigenvalue weighted by atomic mass is 10.1. The van der Waals surface area contributed by atoms with E-state index in [0.29, 0.717) is 43.0 Å². The molecule has 1 aliphatic rings. The van der Waals surface area contributed by atoms with Crippen LogP contribution in [0.15, 0.2) is 64.0 Å². The first-order valence-electron chi connectivity index (χ1n) is 11.3. The van der Waals surface area contributed by atoms with Gasteiger partial charge in [-0.05, 0) is 87.4 Å². The van der Waals surface area contributed by atoms with Gasteiger partial charge in [0.15, 0.2) is 11.5 Å². The molecule has 1 saturated heterocycles. The van der Waals surface area contributed by atoms with E-state index in [0.717, 1.165) is 22.2 Å². The second-order valence-electron chi connectivity index (χ2n) is 8.11. The van der Waals surface area contributed by atoms with Crippen molar-refractivity contribution in [2.45, 2.75) is 6.61 Å². The van der Waals surface area contributed by atoms with Crippen LogP contribution in [0.5, 0.6) is 17.2 Å². The summed E-state index contributed by atoms with van der Waals surface area (Å²) in [6, 6.07) is 15.4. The highest BCUT2D eigenvalue weighted by molar-refractivity contribution is 9.10. The monoisotopic (exact) mass is 650 g/mol. The molecule has 3 aromatic rings. The minimum Gasteiger partial charge on any atom is -0.495 e. The Morgan fingerprint density at radius 1 is 1.03 bits per heavy atom. The predicted molar refractivity (Wildman–Crippen MR) is 156 cm³/mol. The molecule has 0 saturated carbocycles. The SMILES string of the molecule is COc1ccc(NC(=O)CN2C(=O)S/C(=C/c3cc(Br)c(OCc4ccc(Cl)cc4)c(OC)c3)C2=O)cc1Cl. The normalized spacial score (nSPS) is 14.1. The van der Waals surface area contributed by atoms with E-state index in [1.807, 2.05) is 12.1 Å². The average Bonchev–Trinajstić information content (AvgIpc) is 3.16. The van der Waals surface area contributed by atoms with Crippen molar-refractivity contribution in [3.8, 4) is 17.2 Å². The second kappa shape index (κ2) is 12.8. The molecule has 0 aliphatic carbocycles. The highest BCUT2D eigenvalue weighted by Crippen LogP contribution is 2.39. The highest BCUT2D eigenvalue weighted by atomic mass is 79.9. The molecule has 0 bridgehead atoms. The van der Waals surface area contributed by atoms with Gasteiger partial charge in [0.1, 0.15) is 18.9 Å².